The largest absolute Gasteiger partial charge is 0.465 e. The van der Waals surface area contributed by atoms with Crippen molar-refractivity contribution in [1.29, 1.82) is 0 Å². The molecule has 0 aliphatic rings. The molecular weight excluding hydrogens is 312 g/mol. The maximum absolute atomic E-state index is 12.2. The topological polar surface area (TPSA) is 35.5 Å². The lowest BCUT2D eigenvalue weighted by Crippen LogP contribution is -2.08. The summed E-state index contributed by atoms with van der Waals surface area (Å²) >= 11 is 0. The number of ether oxygens (including phenoxy) is 2. The summed E-state index contributed by atoms with van der Waals surface area (Å²) in [5.41, 5.74) is 2.67. The van der Waals surface area contributed by atoms with Crippen molar-refractivity contribution in [1.82, 2.24) is 0 Å². The third kappa shape index (κ3) is 4.36. The average molecular weight is 330 g/mol. The molecule has 3 aromatic carbocycles. The molecule has 0 saturated carbocycles. The summed E-state index contributed by atoms with van der Waals surface area (Å²) < 4.78 is 10.7. The third-order valence-electron chi connectivity index (χ3n) is 3.60. The molecule has 0 saturated heterocycles. The van der Waals surface area contributed by atoms with Crippen LogP contribution in [0.1, 0.15) is 17.3 Å². The zero-order valence-corrected chi connectivity index (χ0v) is 13.9. The van der Waals surface area contributed by atoms with Gasteiger partial charge in [0, 0.05) is 0 Å². The zero-order chi connectivity index (χ0) is 17.5. The van der Waals surface area contributed by atoms with Crippen LogP contribution in [0.15, 0.2) is 91.2 Å². The Kier molecular flexibility index (Phi) is 5.27. The van der Waals surface area contributed by atoms with Crippen LogP contribution in [-0.2, 0) is 0 Å². The predicted octanol–water partition coefficient (Wildman–Crippen LogP) is 5.49. The number of benzene rings is 3. The van der Waals surface area contributed by atoms with Crippen LogP contribution in [0.25, 0.3) is 11.1 Å². The lowest BCUT2D eigenvalue weighted by Gasteiger charge is -2.07. The molecule has 0 radical (unpaired) electrons. The Hall–Kier alpha value is -3.33. The highest BCUT2D eigenvalue weighted by atomic mass is 16.5. The Labute approximate surface area is 147 Å². The van der Waals surface area contributed by atoms with Gasteiger partial charge in [-0.05, 0) is 54.4 Å². The maximum atomic E-state index is 12.2. The number of hydrogen-bond donors (Lipinski definition) is 0. The molecule has 3 heteroatoms. The fourth-order valence-electron chi connectivity index (χ4n) is 2.33. The standard InChI is InChI=1S/C22H18O3/c1-2-16-24-20-12-10-19(11-13-20)22(23)25-21-14-8-18(9-15-21)17-6-4-3-5-7-17/h2-16H,1H3. The first-order chi connectivity index (χ1) is 12.3. The van der Waals surface area contributed by atoms with Crippen LogP contribution in [-0.4, -0.2) is 5.97 Å². The summed E-state index contributed by atoms with van der Waals surface area (Å²) in [5.74, 6) is 0.783. The molecule has 0 aliphatic carbocycles. The van der Waals surface area contributed by atoms with Gasteiger partial charge in [-0.15, -0.1) is 0 Å². The van der Waals surface area contributed by atoms with E-state index in [9.17, 15) is 4.79 Å². The quantitative estimate of drug-likeness (QED) is 0.353. The van der Waals surface area contributed by atoms with E-state index in [1.165, 1.54) is 0 Å². The number of allylic oxidation sites excluding steroid dienone is 1. The lowest BCUT2D eigenvalue weighted by molar-refractivity contribution is 0.0735. The molecule has 0 atom stereocenters. The second-order valence-corrected chi connectivity index (χ2v) is 5.39. The van der Waals surface area contributed by atoms with Crippen molar-refractivity contribution < 1.29 is 14.3 Å². The molecule has 0 aliphatic heterocycles. The number of carbonyl (C=O) groups excluding carboxylic acids is 1. The van der Waals surface area contributed by atoms with E-state index in [0.29, 0.717) is 17.1 Å². The van der Waals surface area contributed by atoms with Crippen LogP contribution in [0.2, 0.25) is 0 Å². The molecule has 0 heterocycles. The van der Waals surface area contributed by atoms with E-state index in [4.69, 9.17) is 9.47 Å². The molecule has 0 aromatic heterocycles. The van der Waals surface area contributed by atoms with Gasteiger partial charge in [-0.1, -0.05) is 48.5 Å². The maximum Gasteiger partial charge on any atom is 0.343 e. The third-order valence-corrected chi connectivity index (χ3v) is 3.60. The fraction of sp³-hybridized carbons (Fsp3) is 0.0455. The van der Waals surface area contributed by atoms with Crippen molar-refractivity contribution in [2.24, 2.45) is 0 Å². The van der Waals surface area contributed by atoms with Gasteiger partial charge in [-0.2, -0.15) is 0 Å². The number of hydrogen-bond acceptors (Lipinski definition) is 3. The molecule has 124 valence electrons. The second-order valence-electron chi connectivity index (χ2n) is 5.39. The molecule has 0 N–H and O–H groups in total. The average Bonchev–Trinajstić information content (AvgIpc) is 2.68. The van der Waals surface area contributed by atoms with E-state index in [0.717, 1.165) is 11.1 Å². The van der Waals surface area contributed by atoms with Crippen LogP contribution in [0.3, 0.4) is 0 Å². The van der Waals surface area contributed by atoms with Crippen molar-refractivity contribution in [3.05, 3.63) is 96.8 Å². The van der Waals surface area contributed by atoms with E-state index in [-0.39, 0.29) is 0 Å². The molecule has 25 heavy (non-hydrogen) atoms. The van der Waals surface area contributed by atoms with Gasteiger partial charge < -0.3 is 9.47 Å². The summed E-state index contributed by atoms with van der Waals surface area (Å²) in [5, 5.41) is 0. The molecular formula is C22H18O3. The van der Waals surface area contributed by atoms with Crippen molar-refractivity contribution in [3.8, 4) is 22.6 Å². The van der Waals surface area contributed by atoms with Crippen molar-refractivity contribution in [2.75, 3.05) is 0 Å². The zero-order valence-electron chi connectivity index (χ0n) is 13.9. The van der Waals surface area contributed by atoms with Gasteiger partial charge in [0.2, 0.25) is 0 Å². The molecule has 3 nitrogen and oxygen atoms in total. The summed E-state index contributed by atoms with van der Waals surface area (Å²) in [6.07, 6.45) is 3.38. The summed E-state index contributed by atoms with van der Waals surface area (Å²) in [6.45, 7) is 1.87. The van der Waals surface area contributed by atoms with Crippen molar-refractivity contribution >= 4 is 5.97 Å². The summed E-state index contributed by atoms with van der Waals surface area (Å²) in [7, 11) is 0. The monoisotopic (exact) mass is 330 g/mol. The van der Waals surface area contributed by atoms with Crippen LogP contribution in [0.4, 0.5) is 0 Å². The van der Waals surface area contributed by atoms with Gasteiger partial charge in [0.1, 0.15) is 11.5 Å². The molecule has 0 bridgehead atoms. The first-order valence-corrected chi connectivity index (χ1v) is 8.02. The predicted molar refractivity (Wildman–Crippen MR) is 98.7 cm³/mol. The molecule has 0 spiro atoms. The van der Waals surface area contributed by atoms with Gasteiger partial charge in [-0.25, -0.2) is 4.79 Å². The first kappa shape index (κ1) is 16.5. The van der Waals surface area contributed by atoms with Gasteiger partial charge in [0.05, 0.1) is 11.8 Å². The van der Waals surface area contributed by atoms with Crippen molar-refractivity contribution in [2.45, 2.75) is 6.92 Å². The van der Waals surface area contributed by atoms with E-state index in [1.54, 1.807) is 48.7 Å². The van der Waals surface area contributed by atoms with Gasteiger partial charge in [-0.3, -0.25) is 0 Å². The van der Waals surface area contributed by atoms with Gasteiger partial charge >= 0.3 is 5.97 Å². The number of esters is 1. The van der Waals surface area contributed by atoms with Gasteiger partial charge in [0.15, 0.2) is 0 Å². The van der Waals surface area contributed by atoms with E-state index >= 15 is 0 Å². The number of carbonyl (C=O) groups is 1. The molecule has 0 unspecified atom stereocenters. The Morgan fingerprint density at radius 3 is 2.00 bits per heavy atom. The molecule has 3 aromatic rings. The minimum Gasteiger partial charge on any atom is -0.465 e. The molecule has 0 fully saturated rings. The Balaban J connectivity index is 1.66. The molecule has 3 rings (SSSR count). The van der Waals surface area contributed by atoms with Crippen LogP contribution < -0.4 is 9.47 Å². The highest BCUT2D eigenvalue weighted by Crippen LogP contribution is 2.23. The first-order valence-electron chi connectivity index (χ1n) is 8.02. The Morgan fingerprint density at radius 2 is 1.36 bits per heavy atom. The minimum absolute atomic E-state index is 0.398. The Morgan fingerprint density at radius 1 is 0.760 bits per heavy atom. The SMILES string of the molecule is CC=COc1ccc(C(=O)Oc2ccc(-c3ccccc3)cc2)cc1. The smallest absolute Gasteiger partial charge is 0.343 e. The fourth-order valence-corrected chi connectivity index (χ4v) is 2.33. The van der Waals surface area contributed by atoms with E-state index in [1.807, 2.05) is 49.4 Å². The normalized spacial score (nSPS) is 10.6. The second kappa shape index (κ2) is 7.97. The van der Waals surface area contributed by atoms with Crippen LogP contribution in [0.5, 0.6) is 11.5 Å². The van der Waals surface area contributed by atoms with Crippen molar-refractivity contribution in [3.63, 3.8) is 0 Å². The van der Waals surface area contributed by atoms with E-state index in [2.05, 4.69) is 0 Å². The Bertz CT molecular complexity index is 848. The summed E-state index contributed by atoms with van der Waals surface area (Å²) in [4.78, 5) is 12.2. The van der Waals surface area contributed by atoms with Crippen LogP contribution in [0, 0.1) is 0 Å². The van der Waals surface area contributed by atoms with Crippen LogP contribution >= 0.6 is 0 Å². The highest BCUT2D eigenvalue weighted by molar-refractivity contribution is 5.91. The molecule has 0 amide bonds. The van der Waals surface area contributed by atoms with E-state index < -0.39 is 5.97 Å². The lowest BCUT2D eigenvalue weighted by atomic mass is 10.1. The minimum atomic E-state index is -0.398. The highest BCUT2D eigenvalue weighted by Gasteiger charge is 2.09. The summed E-state index contributed by atoms with van der Waals surface area (Å²) in [6, 6.07) is 24.3. The number of rotatable bonds is 5. The van der Waals surface area contributed by atoms with Gasteiger partial charge in [0.25, 0.3) is 0 Å².